The Bertz CT molecular complexity index is 1410. The molecule has 0 radical (unpaired) electrons. The number of rotatable bonds is 2. The Morgan fingerprint density at radius 1 is 1.23 bits per heavy atom. The van der Waals surface area contributed by atoms with Crippen molar-refractivity contribution in [2.75, 3.05) is 24.5 Å². The molecule has 9 heteroatoms. The lowest BCUT2D eigenvalue weighted by Crippen LogP contribution is -2.50. The number of nitrogens with one attached hydrogen (secondary N) is 2. The van der Waals surface area contributed by atoms with Crippen LogP contribution in [0.3, 0.4) is 0 Å². The minimum Gasteiger partial charge on any atom is -0.345 e. The molecule has 0 aliphatic carbocycles. The van der Waals surface area contributed by atoms with Crippen LogP contribution in [0.4, 0.5) is 5.95 Å². The average molecular weight is 421 g/mol. The van der Waals surface area contributed by atoms with Gasteiger partial charge in [0.1, 0.15) is 5.65 Å². The van der Waals surface area contributed by atoms with Gasteiger partial charge in [-0.25, -0.2) is 4.98 Å². The van der Waals surface area contributed by atoms with Crippen LogP contribution in [-0.4, -0.2) is 54.8 Å². The van der Waals surface area contributed by atoms with E-state index in [9.17, 15) is 0 Å². The van der Waals surface area contributed by atoms with Crippen LogP contribution >= 0.6 is 11.6 Å². The number of aromatic amines is 1. The van der Waals surface area contributed by atoms with Crippen LogP contribution in [0.15, 0.2) is 36.9 Å². The van der Waals surface area contributed by atoms with Crippen molar-refractivity contribution in [1.29, 1.82) is 0 Å². The molecule has 8 nitrogen and oxygen atoms in total. The van der Waals surface area contributed by atoms with Crippen LogP contribution in [0.5, 0.6) is 0 Å². The number of fused-ring (bicyclic) bond motifs is 4. The predicted molar refractivity (Wildman–Crippen MR) is 119 cm³/mol. The Balaban J connectivity index is 1.58. The molecule has 1 atom stereocenters. The van der Waals surface area contributed by atoms with Crippen molar-refractivity contribution in [3.8, 4) is 11.1 Å². The van der Waals surface area contributed by atoms with Crippen LogP contribution in [0.2, 0.25) is 5.02 Å². The van der Waals surface area contributed by atoms with Gasteiger partial charge in [-0.2, -0.15) is 10.1 Å². The number of aryl methyl sites for hydroxylation is 1. The number of hydrogen-bond acceptors (Lipinski definition) is 5. The third-order valence-corrected chi connectivity index (χ3v) is 6.24. The summed E-state index contributed by atoms with van der Waals surface area (Å²) in [6.45, 7) is 4.95. The van der Waals surface area contributed by atoms with Crippen molar-refractivity contribution in [2.24, 2.45) is 7.05 Å². The van der Waals surface area contributed by atoms with Crippen LogP contribution in [0.25, 0.3) is 38.7 Å². The monoisotopic (exact) mass is 420 g/mol. The van der Waals surface area contributed by atoms with E-state index in [1.807, 2.05) is 44.0 Å². The number of nitrogens with zero attached hydrogens (tertiary/aromatic N) is 6. The summed E-state index contributed by atoms with van der Waals surface area (Å²) >= 11 is 6.81. The van der Waals surface area contributed by atoms with Crippen molar-refractivity contribution in [3.63, 3.8) is 0 Å². The minimum atomic E-state index is 0.416. The predicted octanol–water partition coefficient (Wildman–Crippen LogP) is 3.22. The molecule has 5 heterocycles. The highest BCUT2D eigenvalue weighted by atomic mass is 35.5. The Morgan fingerprint density at radius 3 is 3.00 bits per heavy atom. The highest BCUT2D eigenvalue weighted by molar-refractivity contribution is 6.38. The van der Waals surface area contributed by atoms with E-state index < -0.39 is 0 Å². The molecule has 0 bridgehead atoms. The summed E-state index contributed by atoms with van der Waals surface area (Å²) in [6.07, 6.45) is 7.73. The first-order valence-electron chi connectivity index (χ1n) is 10.0. The van der Waals surface area contributed by atoms with Gasteiger partial charge in [0.25, 0.3) is 0 Å². The van der Waals surface area contributed by atoms with Gasteiger partial charge < -0.3 is 15.2 Å². The van der Waals surface area contributed by atoms with E-state index in [-0.39, 0.29) is 0 Å². The summed E-state index contributed by atoms with van der Waals surface area (Å²) < 4.78 is 3.86. The molecule has 1 saturated heterocycles. The molecule has 0 unspecified atom stereocenters. The maximum atomic E-state index is 6.81. The molecule has 1 aromatic carbocycles. The molecule has 4 aromatic heterocycles. The zero-order valence-corrected chi connectivity index (χ0v) is 17.5. The van der Waals surface area contributed by atoms with Gasteiger partial charge in [0.2, 0.25) is 5.95 Å². The Hall–Kier alpha value is -3.10. The third-order valence-electron chi connectivity index (χ3n) is 5.83. The van der Waals surface area contributed by atoms with Crippen LogP contribution in [0, 0.1) is 0 Å². The van der Waals surface area contributed by atoms with Gasteiger partial charge in [0.05, 0.1) is 15.9 Å². The highest BCUT2D eigenvalue weighted by Crippen LogP contribution is 2.39. The van der Waals surface area contributed by atoms with Gasteiger partial charge in [-0.15, -0.1) is 0 Å². The summed E-state index contributed by atoms with van der Waals surface area (Å²) in [5, 5.41) is 10.5. The molecule has 5 aromatic rings. The molecule has 1 fully saturated rings. The van der Waals surface area contributed by atoms with Crippen molar-refractivity contribution >= 4 is 45.1 Å². The number of hydrogen-bond donors (Lipinski definition) is 2. The number of halogens is 1. The second-order valence-electron chi connectivity index (χ2n) is 7.92. The number of anilines is 1. The first kappa shape index (κ1) is 17.7. The highest BCUT2D eigenvalue weighted by Gasteiger charge is 2.23. The number of benzene rings is 1. The molecule has 0 spiro atoms. The first-order chi connectivity index (χ1) is 14.6. The normalized spacial score (nSPS) is 17.6. The zero-order valence-electron chi connectivity index (χ0n) is 16.7. The summed E-state index contributed by atoms with van der Waals surface area (Å²) in [4.78, 5) is 15.3. The summed E-state index contributed by atoms with van der Waals surface area (Å²) in [5.74, 6) is 0.908. The Kier molecular flexibility index (Phi) is 3.81. The van der Waals surface area contributed by atoms with Crippen molar-refractivity contribution in [3.05, 3.63) is 41.9 Å². The molecule has 2 N–H and O–H groups in total. The number of aromatic nitrogens is 6. The lowest BCUT2D eigenvalue weighted by molar-refractivity contribution is 0.478. The smallest absolute Gasteiger partial charge is 0.213 e. The molecule has 6 rings (SSSR count). The first-order valence-corrected chi connectivity index (χ1v) is 10.4. The average Bonchev–Trinajstić information content (AvgIpc) is 3.44. The number of imidazole rings is 1. The van der Waals surface area contributed by atoms with Gasteiger partial charge in [0, 0.05) is 74.0 Å². The largest absolute Gasteiger partial charge is 0.345 e. The maximum Gasteiger partial charge on any atom is 0.213 e. The molecule has 1 aliphatic heterocycles. The third kappa shape index (κ3) is 2.54. The standard InChI is InChI=1S/C21H21ClN8/c1-12-10-29(7-5-23-12)21-26-19-17(20-24-6-8-30(20)21)14(9-25-19)13-3-4-16-15(18(13)22)11-28(2)27-16/h3-4,6,8-9,11-12,23,25H,5,7,10H2,1-2H3/t12-/m1/s1. The molecular weight excluding hydrogens is 400 g/mol. The van der Waals surface area contributed by atoms with E-state index in [1.165, 1.54) is 0 Å². The second kappa shape index (κ2) is 6.45. The molecule has 0 saturated carbocycles. The van der Waals surface area contributed by atoms with E-state index in [0.717, 1.165) is 64.3 Å². The fraction of sp³-hybridized carbons (Fsp3) is 0.286. The van der Waals surface area contributed by atoms with E-state index in [2.05, 4.69) is 36.6 Å². The molecule has 152 valence electrons. The van der Waals surface area contributed by atoms with Gasteiger partial charge in [-0.3, -0.25) is 9.08 Å². The minimum absolute atomic E-state index is 0.416. The fourth-order valence-corrected chi connectivity index (χ4v) is 4.78. The number of H-pyrrole nitrogens is 1. The van der Waals surface area contributed by atoms with Crippen molar-refractivity contribution in [1.82, 2.24) is 34.4 Å². The van der Waals surface area contributed by atoms with Crippen molar-refractivity contribution in [2.45, 2.75) is 13.0 Å². The summed E-state index contributed by atoms with van der Waals surface area (Å²) in [7, 11) is 1.90. The SMILES string of the molecule is C[C@@H]1CN(c2nc3[nH]cc(-c4ccc5nn(C)cc5c4Cl)c3c3nccn23)CCN1. The number of piperazine rings is 1. The van der Waals surface area contributed by atoms with Gasteiger partial charge in [0.15, 0.2) is 5.65 Å². The van der Waals surface area contributed by atoms with E-state index >= 15 is 0 Å². The van der Waals surface area contributed by atoms with E-state index in [4.69, 9.17) is 16.6 Å². The summed E-state index contributed by atoms with van der Waals surface area (Å²) in [6, 6.07) is 4.44. The van der Waals surface area contributed by atoms with E-state index in [1.54, 1.807) is 4.68 Å². The molecule has 1 aliphatic rings. The van der Waals surface area contributed by atoms with E-state index in [0.29, 0.717) is 11.1 Å². The zero-order chi connectivity index (χ0) is 20.4. The fourth-order valence-electron chi connectivity index (χ4n) is 4.47. The summed E-state index contributed by atoms with van der Waals surface area (Å²) in [5.41, 5.74) is 4.50. The lowest BCUT2D eigenvalue weighted by Gasteiger charge is -2.32. The quantitative estimate of drug-likeness (QED) is 0.458. The van der Waals surface area contributed by atoms with Gasteiger partial charge in [-0.1, -0.05) is 17.7 Å². The van der Waals surface area contributed by atoms with Gasteiger partial charge >= 0.3 is 0 Å². The maximum absolute atomic E-state index is 6.81. The molecule has 30 heavy (non-hydrogen) atoms. The molecule has 0 amide bonds. The van der Waals surface area contributed by atoms with Crippen LogP contribution in [0.1, 0.15) is 6.92 Å². The van der Waals surface area contributed by atoms with Crippen molar-refractivity contribution < 1.29 is 0 Å². The second-order valence-corrected chi connectivity index (χ2v) is 8.30. The molecular formula is C21H21ClN8. The Morgan fingerprint density at radius 2 is 2.13 bits per heavy atom. The van der Waals surface area contributed by atoms with Crippen LogP contribution < -0.4 is 10.2 Å². The topological polar surface area (TPSA) is 79.1 Å². The lowest BCUT2D eigenvalue weighted by atomic mass is 10.0. The van der Waals surface area contributed by atoms with Crippen LogP contribution in [-0.2, 0) is 7.05 Å². The van der Waals surface area contributed by atoms with Gasteiger partial charge in [-0.05, 0) is 13.0 Å². The Labute approximate surface area is 177 Å².